The summed E-state index contributed by atoms with van der Waals surface area (Å²) in [6.07, 6.45) is 7.91. The minimum Gasteiger partial charge on any atom is -0.462 e. The van der Waals surface area contributed by atoms with Gasteiger partial charge >= 0.3 is 5.97 Å². The van der Waals surface area contributed by atoms with Crippen molar-refractivity contribution in [2.45, 2.75) is 57.8 Å². The van der Waals surface area contributed by atoms with E-state index in [2.05, 4.69) is 61.2 Å². The fraction of sp³-hybridized carbons (Fsp3) is 0.367. The van der Waals surface area contributed by atoms with Crippen LogP contribution in [-0.2, 0) is 22.4 Å². The van der Waals surface area contributed by atoms with Gasteiger partial charge in [-0.1, -0.05) is 74.4 Å². The van der Waals surface area contributed by atoms with Crippen molar-refractivity contribution in [2.75, 3.05) is 13.2 Å². The van der Waals surface area contributed by atoms with E-state index < -0.39 is 0 Å². The summed E-state index contributed by atoms with van der Waals surface area (Å²) in [6, 6.07) is 19.9. The second-order valence-electron chi connectivity index (χ2n) is 9.29. The molecule has 172 valence electrons. The first-order valence-corrected chi connectivity index (χ1v) is 12.1. The molecule has 1 N–H and O–H groups in total. The number of hydrogen-bond acceptors (Lipinski definition) is 3. The van der Waals surface area contributed by atoms with Crippen molar-refractivity contribution in [1.82, 2.24) is 0 Å². The van der Waals surface area contributed by atoms with E-state index in [4.69, 9.17) is 4.74 Å². The Kier molecular flexibility index (Phi) is 7.61. The summed E-state index contributed by atoms with van der Waals surface area (Å²) >= 11 is 0. The first kappa shape index (κ1) is 23.3. The first-order valence-electron chi connectivity index (χ1n) is 12.1. The van der Waals surface area contributed by atoms with E-state index in [0.29, 0.717) is 30.9 Å². The van der Waals surface area contributed by atoms with Gasteiger partial charge in [0.05, 0.1) is 6.61 Å². The fourth-order valence-corrected chi connectivity index (χ4v) is 4.92. The molecular formula is C30H34O3. The van der Waals surface area contributed by atoms with Crippen LogP contribution in [0.15, 0.2) is 66.7 Å². The van der Waals surface area contributed by atoms with Gasteiger partial charge in [-0.05, 0) is 76.8 Å². The summed E-state index contributed by atoms with van der Waals surface area (Å²) in [5.41, 5.74) is 6.38. The van der Waals surface area contributed by atoms with E-state index in [1.165, 1.54) is 48.4 Å². The molecule has 3 heteroatoms. The summed E-state index contributed by atoms with van der Waals surface area (Å²) in [4.78, 5) is 11.8. The topological polar surface area (TPSA) is 46.5 Å². The molecule has 4 rings (SSSR count). The van der Waals surface area contributed by atoms with Gasteiger partial charge in [-0.25, -0.2) is 4.79 Å². The Bertz CT molecular complexity index is 1140. The minimum atomic E-state index is -0.359. The molecule has 0 spiro atoms. The molecule has 3 aromatic rings. The number of ether oxygens (including phenoxy) is 1. The Morgan fingerprint density at radius 3 is 2.48 bits per heavy atom. The molecule has 1 aliphatic carbocycles. The molecule has 1 aliphatic rings. The molecule has 0 heterocycles. The lowest BCUT2D eigenvalue weighted by Crippen LogP contribution is -2.09. The molecule has 0 amide bonds. The Morgan fingerprint density at radius 2 is 1.73 bits per heavy atom. The SMILES string of the molecule is C=C(C)C(=O)OCCc1cc(CCO)ccc1-c1ccc2cc(C3CCCCC3)ccc2c1. The summed E-state index contributed by atoms with van der Waals surface area (Å²) in [7, 11) is 0. The molecule has 0 aromatic heterocycles. The summed E-state index contributed by atoms with van der Waals surface area (Å²) < 4.78 is 5.35. The molecule has 0 atom stereocenters. The number of hydrogen-bond donors (Lipinski definition) is 1. The van der Waals surface area contributed by atoms with Crippen LogP contribution in [0.3, 0.4) is 0 Å². The van der Waals surface area contributed by atoms with Crippen LogP contribution in [0, 0.1) is 0 Å². The van der Waals surface area contributed by atoms with Crippen LogP contribution in [0.1, 0.15) is 61.6 Å². The zero-order valence-electron chi connectivity index (χ0n) is 19.6. The van der Waals surface area contributed by atoms with Crippen LogP contribution >= 0.6 is 0 Å². The minimum absolute atomic E-state index is 0.114. The lowest BCUT2D eigenvalue weighted by Gasteiger charge is -2.22. The number of aliphatic hydroxyl groups is 1. The largest absolute Gasteiger partial charge is 0.462 e. The van der Waals surface area contributed by atoms with Crippen LogP contribution in [0.5, 0.6) is 0 Å². The zero-order chi connectivity index (χ0) is 23.2. The maximum absolute atomic E-state index is 11.8. The predicted molar refractivity (Wildman–Crippen MR) is 135 cm³/mol. The molecule has 0 aliphatic heterocycles. The van der Waals surface area contributed by atoms with E-state index in [1.807, 2.05) is 0 Å². The van der Waals surface area contributed by atoms with E-state index >= 15 is 0 Å². The number of carbonyl (C=O) groups is 1. The number of benzene rings is 3. The quantitative estimate of drug-likeness (QED) is 0.310. The van der Waals surface area contributed by atoms with Crippen LogP contribution in [0.25, 0.3) is 21.9 Å². The number of fused-ring (bicyclic) bond motifs is 1. The van der Waals surface area contributed by atoms with Crippen molar-refractivity contribution >= 4 is 16.7 Å². The molecule has 1 saturated carbocycles. The summed E-state index contributed by atoms with van der Waals surface area (Å²) in [6.45, 7) is 5.72. The van der Waals surface area contributed by atoms with Crippen LogP contribution < -0.4 is 0 Å². The predicted octanol–water partition coefficient (Wildman–Crippen LogP) is 6.75. The van der Waals surface area contributed by atoms with Gasteiger partial charge in [0.25, 0.3) is 0 Å². The van der Waals surface area contributed by atoms with Crippen LogP contribution in [-0.4, -0.2) is 24.3 Å². The van der Waals surface area contributed by atoms with Gasteiger partial charge in [0, 0.05) is 18.6 Å². The van der Waals surface area contributed by atoms with Crippen LogP contribution in [0.2, 0.25) is 0 Å². The second kappa shape index (κ2) is 10.8. The Morgan fingerprint density at radius 1 is 0.970 bits per heavy atom. The molecule has 33 heavy (non-hydrogen) atoms. The molecule has 3 aromatic carbocycles. The van der Waals surface area contributed by atoms with Crippen molar-refractivity contribution < 1.29 is 14.6 Å². The monoisotopic (exact) mass is 442 g/mol. The zero-order valence-corrected chi connectivity index (χ0v) is 19.6. The highest BCUT2D eigenvalue weighted by molar-refractivity contribution is 5.89. The van der Waals surface area contributed by atoms with Crippen molar-refractivity contribution in [3.8, 4) is 11.1 Å². The van der Waals surface area contributed by atoms with E-state index in [0.717, 1.165) is 22.3 Å². The Hall–Kier alpha value is -2.91. The molecule has 0 unspecified atom stereocenters. The fourth-order valence-electron chi connectivity index (χ4n) is 4.92. The van der Waals surface area contributed by atoms with Gasteiger partial charge in [-0.2, -0.15) is 0 Å². The average molecular weight is 443 g/mol. The number of esters is 1. The Balaban J connectivity index is 1.61. The number of aliphatic hydroxyl groups excluding tert-OH is 1. The molecule has 1 fully saturated rings. The van der Waals surface area contributed by atoms with E-state index in [-0.39, 0.29) is 12.6 Å². The smallest absolute Gasteiger partial charge is 0.333 e. The van der Waals surface area contributed by atoms with Gasteiger partial charge in [-0.3, -0.25) is 0 Å². The van der Waals surface area contributed by atoms with E-state index in [9.17, 15) is 9.90 Å². The molecule has 0 saturated heterocycles. The lowest BCUT2D eigenvalue weighted by atomic mass is 9.83. The Labute approximate surface area is 197 Å². The third kappa shape index (κ3) is 5.72. The molecule has 3 nitrogen and oxygen atoms in total. The molecular weight excluding hydrogens is 408 g/mol. The van der Waals surface area contributed by atoms with E-state index in [1.54, 1.807) is 6.92 Å². The third-order valence-corrected chi connectivity index (χ3v) is 6.78. The normalized spacial score (nSPS) is 14.4. The van der Waals surface area contributed by atoms with Gasteiger partial charge < -0.3 is 9.84 Å². The van der Waals surface area contributed by atoms with Crippen LogP contribution in [0.4, 0.5) is 0 Å². The third-order valence-electron chi connectivity index (χ3n) is 6.78. The highest BCUT2D eigenvalue weighted by atomic mass is 16.5. The van der Waals surface area contributed by atoms with Crippen molar-refractivity contribution in [1.29, 1.82) is 0 Å². The maximum atomic E-state index is 11.8. The van der Waals surface area contributed by atoms with Gasteiger partial charge in [0.15, 0.2) is 0 Å². The lowest BCUT2D eigenvalue weighted by molar-refractivity contribution is -0.138. The first-order chi connectivity index (χ1) is 16.0. The highest BCUT2D eigenvalue weighted by Crippen LogP contribution is 2.35. The highest BCUT2D eigenvalue weighted by Gasteiger charge is 2.16. The maximum Gasteiger partial charge on any atom is 0.333 e. The van der Waals surface area contributed by atoms with Crippen molar-refractivity contribution in [3.05, 3.63) is 83.4 Å². The van der Waals surface area contributed by atoms with Gasteiger partial charge in [0.1, 0.15) is 0 Å². The number of rotatable bonds is 8. The van der Waals surface area contributed by atoms with Crippen molar-refractivity contribution in [3.63, 3.8) is 0 Å². The van der Waals surface area contributed by atoms with Gasteiger partial charge in [0.2, 0.25) is 0 Å². The number of carbonyl (C=O) groups excluding carboxylic acids is 1. The standard InChI is InChI=1S/C30H34O3/c1-21(2)30(32)33-17-15-28-18-22(14-16-31)8-13-29(28)27-12-11-25-19-24(9-10-26(25)20-27)23-6-4-3-5-7-23/h8-13,18-20,23,31H,1,3-7,14-17H2,2H3. The summed E-state index contributed by atoms with van der Waals surface area (Å²) in [5.74, 6) is 0.345. The molecule has 0 radical (unpaired) electrons. The van der Waals surface area contributed by atoms with Gasteiger partial charge in [-0.15, -0.1) is 0 Å². The summed E-state index contributed by atoms with van der Waals surface area (Å²) in [5, 5.41) is 11.9. The van der Waals surface area contributed by atoms with Crippen molar-refractivity contribution in [2.24, 2.45) is 0 Å². The second-order valence-corrected chi connectivity index (χ2v) is 9.29. The molecule has 0 bridgehead atoms. The average Bonchev–Trinajstić information content (AvgIpc) is 2.84.